The Morgan fingerprint density at radius 1 is 1.15 bits per heavy atom. The van der Waals surface area contributed by atoms with Crippen LogP contribution in [0.3, 0.4) is 0 Å². The molecular weight excluding hydrogens is 299 g/mol. The van der Waals surface area contributed by atoms with Crippen molar-refractivity contribution in [3.8, 4) is 0 Å². The zero-order valence-corrected chi connectivity index (χ0v) is 12.1. The molecule has 2 rings (SSSR count). The van der Waals surface area contributed by atoms with Gasteiger partial charge in [-0.1, -0.05) is 18.2 Å². The lowest BCUT2D eigenvalue weighted by Crippen LogP contribution is -2.27. The maximum Gasteiger partial charge on any atom is 0.261 e. The largest absolute Gasteiger partial charge is 0.261 e. The lowest BCUT2D eigenvalue weighted by atomic mass is 10.4. The van der Waals surface area contributed by atoms with Crippen LogP contribution in [-0.2, 0) is 10.0 Å². The molecule has 0 unspecified atom stereocenters. The summed E-state index contributed by atoms with van der Waals surface area (Å²) in [5.41, 5.74) is 0. The van der Waals surface area contributed by atoms with Gasteiger partial charge in [0.25, 0.3) is 10.0 Å². The van der Waals surface area contributed by atoms with Gasteiger partial charge in [0.05, 0.1) is 0 Å². The molecule has 1 heterocycles. The van der Waals surface area contributed by atoms with Crippen LogP contribution < -0.4 is 4.72 Å². The highest BCUT2D eigenvalue weighted by Crippen LogP contribution is 2.16. The molecule has 0 aliphatic heterocycles. The van der Waals surface area contributed by atoms with E-state index in [0.717, 1.165) is 11.0 Å². The lowest BCUT2D eigenvalue weighted by Gasteiger charge is -2.06. The molecule has 106 valence electrons. The molecule has 7 heteroatoms. The number of nitrogens with zero attached hydrogens (tertiary/aromatic N) is 1. The van der Waals surface area contributed by atoms with E-state index in [1.54, 1.807) is 0 Å². The molecule has 0 spiro atoms. The minimum absolute atomic E-state index is 0.206. The van der Waals surface area contributed by atoms with Crippen molar-refractivity contribution in [3.05, 3.63) is 54.5 Å². The van der Waals surface area contributed by atoms with Crippen LogP contribution >= 0.6 is 11.8 Å². The lowest BCUT2D eigenvalue weighted by molar-refractivity contribution is 0.546. The van der Waals surface area contributed by atoms with E-state index >= 15 is 0 Å². The number of pyridine rings is 1. The summed E-state index contributed by atoms with van der Waals surface area (Å²) in [6.07, 6.45) is 1.25. The van der Waals surface area contributed by atoms with Crippen molar-refractivity contribution in [2.24, 2.45) is 0 Å². The molecule has 0 aliphatic rings. The molecule has 2 aromatic rings. The monoisotopic (exact) mass is 312 g/mol. The molecule has 1 N–H and O–H groups in total. The van der Waals surface area contributed by atoms with Gasteiger partial charge < -0.3 is 0 Å². The highest BCUT2D eigenvalue weighted by atomic mass is 32.2. The van der Waals surface area contributed by atoms with Crippen molar-refractivity contribution in [3.63, 3.8) is 0 Å². The maximum absolute atomic E-state index is 13.4. The van der Waals surface area contributed by atoms with Crippen LogP contribution in [0.2, 0.25) is 0 Å². The number of aromatic nitrogens is 1. The normalized spacial score (nSPS) is 11.4. The summed E-state index contributed by atoms with van der Waals surface area (Å²) in [5.74, 6) is -0.298. The Kier molecular flexibility index (Phi) is 5.11. The molecule has 0 saturated carbocycles. The Balaban J connectivity index is 1.89. The first-order valence-corrected chi connectivity index (χ1v) is 8.34. The van der Waals surface area contributed by atoms with Crippen molar-refractivity contribution < 1.29 is 12.8 Å². The van der Waals surface area contributed by atoms with E-state index in [0.29, 0.717) is 5.75 Å². The van der Waals surface area contributed by atoms with E-state index in [2.05, 4.69) is 9.71 Å². The van der Waals surface area contributed by atoms with Gasteiger partial charge in [-0.15, -0.1) is 11.8 Å². The summed E-state index contributed by atoms with van der Waals surface area (Å²) in [7, 11) is -3.89. The van der Waals surface area contributed by atoms with Gasteiger partial charge in [0.15, 0.2) is 5.82 Å². The predicted molar refractivity (Wildman–Crippen MR) is 76.5 cm³/mol. The second-order valence-corrected chi connectivity index (χ2v) is 6.70. The number of nitrogens with one attached hydrogen (secondary N) is 1. The first kappa shape index (κ1) is 15.0. The Bertz CT molecular complexity index is 663. The van der Waals surface area contributed by atoms with Crippen molar-refractivity contribution in [1.82, 2.24) is 9.71 Å². The zero-order chi connectivity index (χ0) is 14.4. The summed E-state index contributed by atoms with van der Waals surface area (Å²) in [6, 6.07) is 12.0. The minimum Gasteiger partial charge on any atom is -0.241 e. The fraction of sp³-hybridized carbons (Fsp3) is 0.154. The molecule has 1 aromatic heterocycles. The summed E-state index contributed by atoms with van der Waals surface area (Å²) < 4.78 is 39.4. The van der Waals surface area contributed by atoms with E-state index in [-0.39, 0.29) is 6.54 Å². The van der Waals surface area contributed by atoms with Crippen molar-refractivity contribution in [1.29, 1.82) is 0 Å². The predicted octanol–water partition coefficient (Wildman–Crippen LogP) is 2.29. The van der Waals surface area contributed by atoms with E-state index in [9.17, 15) is 12.8 Å². The van der Waals surface area contributed by atoms with Crippen LogP contribution in [-0.4, -0.2) is 25.7 Å². The average Bonchev–Trinajstić information content (AvgIpc) is 2.45. The topological polar surface area (TPSA) is 59.1 Å². The summed E-state index contributed by atoms with van der Waals surface area (Å²) in [4.78, 5) is 4.61. The van der Waals surface area contributed by atoms with Crippen LogP contribution in [0, 0.1) is 5.82 Å². The van der Waals surface area contributed by atoms with Gasteiger partial charge in [-0.05, 0) is 24.3 Å². The molecule has 1 aromatic carbocycles. The fourth-order valence-electron chi connectivity index (χ4n) is 1.50. The standard InChI is InChI=1S/C13H13FN2O2S2/c14-12-7-4-8-15-13(12)20(17,18)16-9-10-19-11-5-2-1-3-6-11/h1-8,16H,9-10H2. The third-order valence-electron chi connectivity index (χ3n) is 2.39. The highest BCUT2D eigenvalue weighted by molar-refractivity contribution is 7.99. The number of hydrogen-bond acceptors (Lipinski definition) is 4. The molecular formula is C13H13FN2O2S2. The van der Waals surface area contributed by atoms with Crippen molar-refractivity contribution in [2.45, 2.75) is 9.92 Å². The number of rotatable bonds is 6. The van der Waals surface area contributed by atoms with Crippen LogP contribution in [0.25, 0.3) is 0 Å². The van der Waals surface area contributed by atoms with Crippen LogP contribution in [0.4, 0.5) is 4.39 Å². The SMILES string of the molecule is O=S(=O)(NCCSc1ccccc1)c1ncccc1F. The number of halogens is 1. The maximum atomic E-state index is 13.4. The molecule has 4 nitrogen and oxygen atoms in total. The van der Waals surface area contributed by atoms with Gasteiger partial charge in [-0.25, -0.2) is 22.5 Å². The zero-order valence-electron chi connectivity index (χ0n) is 10.5. The average molecular weight is 312 g/mol. The van der Waals surface area contributed by atoms with Gasteiger partial charge in [-0.3, -0.25) is 0 Å². The van der Waals surface area contributed by atoms with E-state index in [4.69, 9.17) is 0 Å². The Morgan fingerprint density at radius 3 is 2.60 bits per heavy atom. The van der Waals surface area contributed by atoms with Crippen LogP contribution in [0.1, 0.15) is 0 Å². The van der Waals surface area contributed by atoms with E-state index in [1.165, 1.54) is 24.0 Å². The molecule has 0 radical (unpaired) electrons. The van der Waals surface area contributed by atoms with Gasteiger partial charge >= 0.3 is 0 Å². The van der Waals surface area contributed by atoms with E-state index in [1.807, 2.05) is 30.3 Å². The Labute approximate surface area is 121 Å². The first-order valence-electron chi connectivity index (χ1n) is 5.87. The second kappa shape index (κ2) is 6.83. The third kappa shape index (κ3) is 4.03. The Hall–Kier alpha value is -1.44. The van der Waals surface area contributed by atoms with Gasteiger partial charge in [0.1, 0.15) is 0 Å². The number of benzene rings is 1. The molecule has 0 bridgehead atoms. The summed E-state index contributed by atoms with van der Waals surface area (Å²) in [6.45, 7) is 0.206. The van der Waals surface area contributed by atoms with Crippen molar-refractivity contribution >= 4 is 21.8 Å². The highest BCUT2D eigenvalue weighted by Gasteiger charge is 2.19. The number of sulfonamides is 1. The summed E-state index contributed by atoms with van der Waals surface area (Å²) in [5, 5.41) is -0.565. The fourth-order valence-corrected chi connectivity index (χ4v) is 3.45. The molecule has 0 atom stereocenters. The molecule has 0 fully saturated rings. The number of thioether (sulfide) groups is 1. The van der Waals surface area contributed by atoms with Crippen LogP contribution in [0.15, 0.2) is 58.6 Å². The summed E-state index contributed by atoms with van der Waals surface area (Å²) >= 11 is 1.52. The van der Waals surface area contributed by atoms with E-state index < -0.39 is 20.9 Å². The third-order valence-corrected chi connectivity index (χ3v) is 4.79. The first-order chi connectivity index (χ1) is 9.59. The Morgan fingerprint density at radius 2 is 1.90 bits per heavy atom. The van der Waals surface area contributed by atoms with Crippen LogP contribution in [0.5, 0.6) is 0 Å². The quantitative estimate of drug-likeness (QED) is 0.657. The minimum atomic E-state index is -3.89. The molecule has 0 amide bonds. The number of hydrogen-bond donors (Lipinski definition) is 1. The molecule has 0 saturated heterocycles. The van der Waals surface area contributed by atoms with Gasteiger partial charge in [0.2, 0.25) is 5.03 Å². The van der Waals surface area contributed by atoms with Gasteiger partial charge in [0, 0.05) is 23.4 Å². The molecule has 0 aliphatic carbocycles. The van der Waals surface area contributed by atoms with Crippen molar-refractivity contribution in [2.75, 3.05) is 12.3 Å². The second-order valence-electron chi connectivity index (χ2n) is 3.85. The van der Waals surface area contributed by atoms with Gasteiger partial charge in [-0.2, -0.15) is 0 Å². The smallest absolute Gasteiger partial charge is 0.241 e. The molecule has 20 heavy (non-hydrogen) atoms.